The molecule has 0 unspecified atom stereocenters. The zero-order valence-corrected chi connectivity index (χ0v) is 16.4. The van der Waals surface area contributed by atoms with E-state index in [4.69, 9.17) is 4.74 Å². The lowest BCUT2D eigenvalue weighted by Crippen LogP contribution is -2.50. The van der Waals surface area contributed by atoms with E-state index in [0.29, 0.717) is 29.2 Å². The van der Waals surface area contributed by atoms with E-state index >= 15 is 0 Å². The Morgan fingerprint density at radius 2 is 1.88 bits per heavy atom. The molecular weight excluding hydrogens is 376 g/mol. The normalized spacial score (nSPS) is 17.5. The first-order valence-electron chi connectivity index (χ1n) is 8.15. The molecule has 0 bridgehead atoms. The molecule has 2 heterocycles. The zero-order valence-electron chi connectivity index (χ0n) is 14.8. The molecule has 1 aliphatic rings. The second-order valence-electron chi connectivity index (χ2n) is 6.17. The second kappa shape index (κ2) is 8.66. The molecule has 1 N–H and O–H groups in total. The van der Waals surface area contributed by atoms with Gasteiger partial charge in [-0.3, -0.25) is 0 Å². The van der Waals surface area contributed by atoms with Crippen molar-refractivity contribution in [2.45, 2.75) is 24.5 Å². The number of sulfone groups is 1. The fourth-order valence-electron chi connectivity index (χ4n) is 2.67. The van der Waals surface area contributed by atoms with Gasteiger partial charge >= 0.3 is 0 Å². The number of hydrogen-bond acceptors (Lipinski definition) is 7. The minimum absolute atomic E-state index is 0. The van der Waals surface area contributed by atoms with Crippen molar-refractivity contribution in [2.24, 2.45) is 0 Å². The smallest absolute Gasteiger partial charge is 0.225 e. The van der Waals surface area contributed by atoms with E-state index < -0.39 is 9.84 Å². The molecule has 1 saturated heterocycles. The van der Waals surface area contributed by atoms with Gasteiger partial charge in [-0.25, -0.2) is 18.4 Å². The monoisotopic (exact) mass is 398 g/mol. The van der Waals surface area contributed by atoms with Gasteiger partial charge in [-0.1, -0.05) is 12.1 Å². The van der Waals surface area contributed by atoms with Crippen molar-refractivity contribution in [3.8, 4) is 5.75 Å². The summed E-state index contributed by atoms with van der Waals surface area (Å²) in [6.45, 7) is 5.20. The molecule has 1 atom stereocenters. The highest BCUT2D eigenvalue weighted by Gasteiger charge is 2.20. The minimum atomic E-state index is -3.18. The average Bonchev–Trinajstić information content (AvgIpc) is 2.61. The van der Waals surface area contributed by atoms with E-state index in [2.05, 4.69) is 27.1 Å². The Hall–Kier alpha value is -1.90. The summed E-state index contributed by atoms with van der Waals surface area (Å²) in [6.07, 6.45) is 4.53. The number of hydrogen-bond donors (Lipinski definition) is 1. The van der Waals surface area contributed by atoms with E-state index in [9.17, 15) is 8.42 Å². The average molecular weight is 399 g/mol. The molecule has 1 aromatic carbocycles. The quantitative estimate of drug-likeness (QED) is 0.820. The Balaban J connectivity index is 0.00000243. The molecule has 0 radical (unpaired) electrons. The van der Waals surface area contributed by atoms with Gasteiger partial charge in [0.15, 0.2) is 15.6 Å². The standard InChI is InChI=1S/C17H22N4O3S.ClH/c1-13-9-18-7-8-21(13)17-19-10-15(11-20-17)24-12-14-3-5-16(6-4-14)25(2,22)23;/h3-6,10-11,13,18H,7-9,12H2,1-2H3;1H/t13-;/m1./s1. The van der Waals surface area contributed by atoms with Gasteiger partial charge in [-0.15, -0.1) is 12.4 Å². The molecule has 1 aliphatic heterocycles. The summed E-state index contributed by atoms with van der Waals surface area (Å²) in [5.41, 5.74) is 0.882. The van der Waals surface area contributed by atoms with Crippen LogP contribution in [0.15, 0.2) is 41.6 Å². The van der Waals surface area contributed by atoms with E-state index in [1.165, 1.54) is 6.26 Å². The lowest BCUT2D eigenvalue weighted by molar-refractivity contribution is 0.303. The third-order valence-corrected chi connectivity index (χ3v) is 5.26. The molecule has 7 nitrogen and oxygen atoms in total. The maximum absolute atomic E-state index is 11.5. The molecule has 1 fully saturated rings. The van der Waals surface area contributed by atoms with Crippen LogP contribution in [-0.4, -0.2) is 50.3 Å². The van der Waals surface area contributed by atoms with Crippen molar-refractivity contribution in [3.05, 3.63) is 42.2 Å². The molecule has 1 aromatic heterocycles. The van der Waals surface area contributed by atoms with Crippen molar-refractivity contribution in [2.75, 3.05) is 30.8 Å². The number of rotatable bonds is 5. The van der Waals surface area contributed by atoms with Crippen molar-refractivity contribution >= 4 is 28.2 Å². The van der Waals surface area contributed by atoms with Gasteiger partial charge in [0.2, 0.25) is 5.95 Å². The summed E-state index contributed by atoms with van der Waals surface area (Å²) in [5, 5.41) is 3.34. The Morgan fingerprint density at radius 1 is 1.23 bits per heavy atom. The predicted molar refractivity (Wildman–Crippen MR) is 103 cm³/mol. The molecule has 3 rings (SSSR count). The van der Waals surface area contributed by atoms with Crippen molar-refractivity contribution < 1.29 is 13.2 Å². The molecule has 26 heavy (non-hydrogen) atoms. The number of anilines is 1. The van der Waals surface area contributed by atoms with Crippen LogP contribution >= 0.6 is 12.4 Å². The lowest BCUT2D eigenvalue weighted by atomic mass is 10.2. The molecule has 2 aromatic rings. The number of ether oxygens (including phenoxy) is 1. The van der Waals surface area contributed by atoms with Gasteiger partial charge in [0.25, 0.3) is 0 Å². The number of halogens is 1. The molecule has 0 amide bonds. The topological polar surface area (TPSA) is 84.4 Å². The highest BCUT2D eigenvalue weighted by atomic mass is 35.5. The number of piperazine rings is 1. The van der Waals surface area contributed by atoms with Crippen LogP contribution in [0.4, 0.5) is 5.95 Å². The summed E-state index contributed by atoms with van der Waals surface area (Å²) in [5.74, 6) is 1.29. The SMILES string of the molecule is C[C@@H]1CNCCN1c1ncc(OCc2ccc(S(C)(=O)=O)cc2)cn1.Cl. The van der Waals surface area contributed by atoms with Crippen molar-refractivity contribution in [1.29, 1.82) is 0 Å². The third-order valence-electron chi connectivity index (χ3n) is 4.13. The van der Waals surface area contributed by atoms with Gasteiger partial charge in [0, 0.05) is 31.9 Å². The largest absolute Gasteiger partial charge is 0.486 e. The zero-order chi connectivity index (χ0) is 17.9. The highest BCUT2D eigenvalue weighted by molar-refractivity contribution is 7.90. The van der Waals surface area contributed by atoms with Crippen molar-refractivity contribution in [1.82, 2.24) is 15.3 Å². The van der Waals surface area contributed by atoms with E-state index in [1.54, 1.807) is 36.7 Å². The van der Waals surface area contributed by atoms with Gasteiger partial charge in [-0.2, -0.15) is 0 Å². The van der Waals surface area contributed by atoms with Crippen LogP contribution in [-0.2, 0) is 16.4 Å². The highest BCUT2D eigenvalue weighted by Crippen LogP contribution is 2.17. The Morgan fingerprint density at radius 3 is 2.46 bits per heavy atom. The van der Waals surface area contributed by atoms with Crippen LogP contribution in [0.3, 0.4) is 0 Å². The first-order valence-corrected chi connectivity index (χ1v) is 10.0. The summed E-state index contributed by atoms with van der Waals surface area (Å²) in [4.78, 5) is 11.3. The molecule has 0 spiro atoms. The number of nitrogens with zero attached hydrogens (tertiary/aromatic N) is 3. The second-order valence-corrected chi connectivity index (χ2v) is 8.19. The summed E-state index contributed by atoms with van der Waals surface area (Å²) >= 11 is 0. The predicted octanol–water partition coefficient (Wildman–Crippen LogP) is 1.68. The van der Waals surface area contributed by atoms with Crippen LogP contribution in [0.2, 0.25) is 0 Å². The number of aromatic nitrogens is 2. The molecule has 0 aliphatic carbocycles. The van der Waals surface area contributed by atoms with Gasteiger partial charge in [0.05, 0.1) is 17.3 Å². The minimum Gasteiger partial charge on any atom is -0.486 e. The van der Waals surface area contributed by atoms with Gasteiger partial charge in [0.1, 0.15) is 6.61 Å². The summed E-state index contributed by atoms with van der Waals surface area (Å²) in [7, 11) is -3.18. The Kier molecular flexibility index (Phi) is 6.80. The fourth-order valence-corrected chi connectivity index (χ4v) is 3.30. The van der Waals surface area contributed by atoms with E-state index in [-0.39, 0.29) is 12.4 Å². The Bertz CT molecular complexity index is 813. The summed E-state index contributed by atoms with van der Waals surface area (Å²) < 4.78 is 28.6. The maximum Gasteiger partial charge on any atom is 0.225 e. The van der Waals surface area contributed by atoms with Crippen molar-refractivity contribution in [3.63, 3.8) is 0 Å². The van der Waals surface area contributed by atoms with Crippen LogP contribution in [0.5, 0.6) is 5.75 Å². The van der Waals surface area contributed by atoms with Gasteiger partial charge in [-0.05, 0) is 24.6 Å². The van der Waals surface area contributed by atoms with Gasteiger partial charge < -0.3 is 15.0 Å². The molecular formula is C17H23ClN4O3S. The van der Waals surface area contributed by atoms with E-state index in [1.807, 2.05) is 0 Å². The Labute approximate surface area is 160 Å². The third kappa shape index (κ3) is 5.06. The first-order chi connectivity index (χ1) is 11.9. The van der Waals surface area contributed by atoms with Crippen LogP contribution in [0.1, 0.15) is 12.5 Å². The lowest BCUT2D eigenvalue weighted by Gasteiger charge is -2.33. The molecule has 0 saturated carbocycles. The number of nitrogens with one attached hydrogen (secondary N) is 1. The summed E-state index contributed by atoms with van der Waals surface area (Å²) in [6, 6.07) is 7.01. The van der Waals surface area contributed by atoms with Crippen LogP contribution in [0, 0.1) is 0 Å². The fraction of sp³-hybridized carbons (Fsp3) is 0.412. The van der Waals surface area contributed by atoms with Crippen LogP contribution in [0.25, 0.3) is 0 Å². The first kappa shape index (κ1) is 20.4. The molecule has 142 valence electrons. The number of benzene rings is 1. The maximum atomic E-state index is 11.5. The van der Waals surface area contributed by atoms with E-state index in [0.717, 1.165) is 25.2 Å². The van der Waals surface area contributed by atoms with Crippen LogP contribution < -0.4 is 15.0 Å². The molecule has 9 heteroatoms.